The van der Waals surface area contributed by atoms with Crippen LogP contribution >= 0.6 is 23.1 Å². The first-order chi connectivity index (χ1) is 16.6. The van der Waals surface area contributed by atoms with Gasteiger partial charge in [-0.15, -0.1) is 23.1 Å². The Labute approximate surface area is 206 Å². The van der Waals surface area contributed by atoms with Gasteiger partial charge < -0.3 is 14.2 Å². The van der Waals surface area contributed by atoms with E-state index in [4.69, 9.17) is 9.26 Å². The van der Waals surface area contributed by atoms with Gasteiger partial charge in [0, 0.05) is 52.9 Å². The maximum absolute atomic E-state index is 6.38. The second-order valence-electron chi connectivity index (χ2n) is 9.24. The van der Waals surface area contributed by atoms with E-state index in [1.54, 1.807) is 17.7 Å². The zero-order chi connectivity index (χ0) is 23.1. The van der Waals surface area contributed by atoms with Gasteiger partial charge in [-0.3, -0.25) is 0 Å². The smallest absolute Gasteiger partial charge is 0.324 e. The summed E-state index contributed by atoms with van der Waals surface area (Å²) in [5, 5.41) is 7.07. The van der Waals surface area contributed by atoms with Crippen LogP contribution in [0.15, 0.2) is 45.4 Å². The van der Waals surface area contributed by atoms with Crippen LogP contribution in [0.5, 0.6) is 5.88 Å². The summed E-state index contributed by atoms with van der Waals surface area (Å²) in [5.41, 5.74) is 3.29. The molecule has 2 fully saturated rings. The summed E-state index contributed by atoms with van der Waals surface area (Å²) in [4.78, 5) is 17.1. The fourth-order valence-electron chi connectivity index (χ4n) is 4.12. The number of piperidine rings is 1. The van der Waals surface area contributed by atoms with E-state index in [2.05, 4.69) is 68.5 Å². The molecule has 1 saturated carbocycles. The van der Waals surface area contributed by atoms with E-state index in [1.807, 2.05) is 11.8 Å². The van der Waals surface area contributed by atoms with Crippen molar-refractivity contribution in [2.45, 2.75) is 61.7 Å². The number of aromatic nitrogens is 4. The minimum atomic E-state index is 0.103. The number of thiophene rings is 1. The Morgan fingerprint density at radius 2 is 1.88 bits per heavy atom. The third kappa shape index (κ3) is 4.51. The molecule has 2 aliphatic rings. The third-order valence-electron chi connectivity index (χ3n) is 6.25. The molecule has 4 aromatic rings. The first-order valence-corrected chi connectivity index (χ1v) is 13.6. The van der Waals surface area contributed by atoms with Gasteiger partial charge in [0.15, 0.2) is 5.82 Å². The molecule has 34 heavy (non-hydrogen) atoms. The number of benzene rings is 1. The maximum atomic E-state index is 6.38. The summed E-state index contributed by atoms with van der Waals surface area (Å²) in [6, 6.07) is 9.46. The number of rotatable bonds is 7. The molecule has 0 radical (unpaired) electrons. The predicted molar refractivity (Wildman–Crippen MR) is 136 cm³/mol. The molecule has 3 aromatic heterocycles. The standard InChI is InChI=1S/C25H27N5O2S2/c1-15(2)23-28-25(32-29-23)30-11-9-17(10-12-30)31-24-22-21(26-14-27-24)20(13-33-22)16-3-5-18(6-4-16)34-19-7-8-19/h3-6,13-15,17,19H,7-12H2,1-2H3. The fourth-order valence-corrected chi connectivity index (χ4v) is 6.13. The van der Waals surface area contributed by atoms with Gasteiger partial charge in [-0.1, -0.05) is 31.1 Å². The molecular weight excluding hydrogens is 466 g/mol. The molecule has 1 aliphatic carbocycles. The lowest BCUT2D eigenvalue weighted by molar-refractivity contribution is 0.164. The molecule has 0 N–H and O–H groups in total. The van der Waals surface area contributed by atoms with E-state index in [1.165, 1.54) is 23.3 Å². The molecule has 1 aromatic carbocycles. The topological polar surface area (TPSA) is 77.2 Å². The van der Waals surface area contributed by atoms with Gasteiger partial charge in [-0.2, -0.15) is 4.98 Å². The Balaban J connectivity index is 1.14. The number of nitrogens with zero attached hydrogens (tertiary/aromatic N) is 5. The van der Waals surface area contributed by atoms with Crippen molar-refractivity contribution >= 4 is 39.3 Å². The van der Waals surface area contributed by atoms with Gasteiger partial charge in [0.2, 0.25) is 5.88 Å². The van der Waals surface area contributed by atoms with Gasteiger partial charge in [-0.05, 0) is 30.5 Å². The average molecular weight is 494 g/mol. The van der Waals surface area contributed by atoms with Crippen LogP contribution < -0.4 is 9.64 Å². The average Bonchev–Trinajstić information content (AvgIpc) is 3.34. The highest BCUT2D eigenvalue weighted by Crippen LogP contribution is 2.41. The van der Waals surface area contributed by atoms with Gasteiger partial charge in [0.05, 0.1) is 5.52 Å². The van der Waals surface area contributed by atoms with Crippen LogP contribution in [0.25, 0.3) is 21.3 Å². The van der Waals surface area contributed by atoms with Crippen LogP contribution in [0.2, 0.25) is 0 Å². The quantitative estimate of drug-likeness (QED) is 0.303. The van der Waals surface area contributed by atoms with E-state index in [0.29, 0.717) is 11.9 Å². The Kier molecular flexibility index (Phi) is 5.90. The molecule has 0 spiro atoms. The summed E-state index contributed by atoms with van der Waals surface area (Å²) in [5.74, 6) is 1.69. The fraction of sp³-hybridized carbons (Fsp3) is 0.440. The summed E-state index contributed by atoms with van der Waals surface area (Å²) >= 11 is 3.63. The zero-order valence-electron chi connectivity index (χ0n) is 19.3. The molecule has 1 aliphatic heterocycles. The van der Waals surface area contributed by atoms with Crippen molar-refractivity contribution in [1.82, 2.24) is 20.1 Å². The van der Waals surface area contributed by atoms with E-state index in [0.717, 1.165) is 52.8 Å². The number of thioether (sulfide) groups is 1. The first kappa shape index (κ1) is 21.9. The van der Waals surface area contributed by atoms with Crippen LogP contribution in [0, 0.1) is 0 Å². The second-order valence-corrected chi connectivity index (χ2v) is 11.5. The molecular formula is C25H27N5O2S2. The third-order valence-corrected chi connectivity index (χ3v) is 8.56. The number of hydrogen-bond acceptors (Lipinski definition) is 9. The van der Waals surface area contributed by atoms with Gasteiger partial charge in [0.1, 0.15) is 17.1 Å². The Morgan fingerprint density at radius 1 is 1.09 bits per heavy atom. The molecule has 7 nitrogen and oxygen atoms in total. The van der Waals surface area contributed by atoms with Crippen molar-refractivity contribution in [1.29, 1.82) is 0 Å². The Hall–Kier alpha value is -2.65. The van der Waals surface area contributed by atoms with Crippen molar-refractivity contribution in [3.05, 3.63) is 41.8 Å². The summed E-state index contributed by atoms with van der Waals surface area (Å²) < 4.78 is 12.8. The lowest BCUT2D eigenvalue weighted by Crippen LogP contribution is -2.38. The largest absolute Gasteiger partial charge is 0.473 e. The summed E-state index contributed by atoms with van der Waals surface area (Å²) in [6.45, 7) is 5.77. The molecule has 0 unspecified atom stereocenters. The molecule has 176 valence electrons. The van der Waals surface area contributed by atoms with Gasteiger partial charge in [-0.25, -0.2) is 9.97 Å². The normalized spacial score (nSPS) is 17.1. The molecule has 0 bridgehead atoms. The SMILES string of the molecule is CC(C)c1noc(N2CCC(Oc3ncnc4c(-c5ccc(SC6CC6)cc5)csc34)CC2)n1. The summed E-state index contributed by atoms with van der Waals surface area (Å²) in [6.07, 6.45) is 6.16. The van der Waals surface area contributed by atoms with Crippen LogP contribution in [-0.4, -0.2) is 44.6 Å². The predicted octanol–water partition coefficient (Wildman–Crippen LogP) is 6.17. The van der Waals surface area contributed by atoms with E-state index in [9.17, 15) is 0 Å². The Morgan fingerprint density at radius 3 is 2.59 bits per heavy atom. The lowest BCUT2D eigenvalue weighted by atomic mass is 10.1. The Bertz CT molecular complexity index is 1270. The summed E-state index contributed by atoms with van der Waals surface area (Å²) in [7, 11) is 0. The number of anilines is 1. The molecule has 9 heteroatoms. The minimum Gasteiger partial charge on any atom is -0.473 e. The molecule has 0 amide bonds. The van der Waals surface area contributed by atoms with Crippen LogP contribution in [0.4, 0.5) is 6.01 Å². The molecule has 4 heterocycles. The number of fused-ring (bicyclic) bond motifs is 1. The van der Waals surface area contributed by atoms with Crippen molar-refractivity contribution in [2.24, 2.45) is 0 Å². The zero-order valence-corrected chi connectivity index (χ0v) is 20.9. The lowest BCUT2D eigenvalue weighted by Gasteiger charge is -2.30. The number of ether oxygens (including phenoxy) is 1. The van der Waals surface area contributed by atoms with Crippen molar-refractivity contribution < 1.29 is 9.26 Å². The van der Waals surface area contributed by atoms with Crippen LogP contribution in [0.1, 0.15) is 51.3 Å². The van der Waals surface area contributed by atoms with Crippen LogP contribution in [-0.2, 0) is 0 Å². The van der Waals surface area contributed by atoms with Crippen molar-refractivity contribution in [2.75, 3.05) is 18.0 Å². The van der Waals surface area contributed by atoms with E-state index in [-0.39, 0.29) is 12.0 Å². The van der Waals surface area contributed by atoms with E-state index >= 15 is 0 Å². The molecule has 0 atom stereocenters. The minimum absolute atomic E-state index is 0.103. The highest BCUT2D eigenvalue weighted by atomic mass is 32.2. The maximum Gasteiger partial charge on any atom is 0.324 e. The van der Waals surface area contributed by atoms with Gasteiger partial charge in [0.25, 0.3) is 0 Å². The highest BCUT2D eigenvalue weighted by Gasteiger charge is 2.26. The molecule has 6 rings (SSSR count). The first-order valence-electron chi connectivity index (χ1n) is 11.9. The number of hydrogen-bond donors (Lipinski definition) is 0. The van der Waals surface area contributed by atoms with E-state index < -0.39 is 0 Å². The molecule has 1 saturated heterocycles. The second kappa shape index (κ2) is 9.19. The monoisotopic (exact) mass is 493 g/mol. The van der Waals surface area contributed by atoms with Crippen molar-refractivity contribution in [3.8, 4) is 17.0 Å². The van der Waals surface area contributed by atoms with Gasteiger partial charge >= 0.3 is 6.01 Å². The highest BCUT2D eigenvalue weighted by molar-refractivity contribution is 8.00. The van der Waals surface area contributed by atoms with Crippen LogP contribution in [0.3, 0.4) is 0 Å². The van der Waals surface area contributed by atoms with Crippen molar-refractivity contribution in [3.63, 3.8) is 0 Å².